The number of rotatable bonds is 5. The SMILES string of the molecule is CCN(Cc1cccs1)C1(CN)CCc2ccccc2C1. The zero-order chi connectivity index (χ0) is 14.7. The quantitative estimate of drug-likeness (QED) is 0.916. The first-order valence-electron chi connectivity index (χ1n) is 7.82. The molecule has 3 rings (SSSR count). The predicted molar refractivity (Wildman–Crippen MR) is 90.7 cm³/mol. The van der Waals surface area contributed by atoms with Crippen LogP contribution in [-0.2, 0) is 19.4 Å². The molecule has 0 radical (unpaired) electrons. The van der Waals surface area contributed by atoms with Gasteiger partial charge < -0.3 is 5.73 Å². The van der Waals surface area contributed by atoms with Crippen LogP contribution in [0, 0.1) is 0 Å². The Hall–Kier alpha value is -1.16. The summed E-state index contributed by atoms with van der Waals surface area (Å²) < 4.78 is 0. The standard InChI is InChI=1S/C18H24N2S/c1-2-20(13-17-8-5-11-21-17)18(14-19)10-9-15-6-3-4-7-16(15)12-18/h3-8,11H,2,9-10,12-14,19H2,1H3. The van der Waals surface area contributed by atoms with Gasteiger partial charge in [0.1, 0.15) is 0 Å². The fourth-order valence-corrected chi connectivity index (χ4v) is 4.28. The highest BCUT2D eigenvalue weighted by Gasteiger charge is 2.37. The summed E-state index contributed by atoms with van der Waals surface area (Å²) in [6.45, 7) is 5.07. The molecule has 1 aliphatic carbocycles. The van der Waals surface area contributed by atoms with E-state index in [1.807, 2.05) is 11.3 Å². The van der Waals surface area contributed by atoms with Crippen LogP contribution in [0.3, 0.4) is 0 Å². The molecular weight excluding hydrogens is 276 g/mol. The fourth-order valence-electron chi connectivity index (χ4n) is 3.56. The van der Waals surface area contributed by atoms with Crippen LogP contribution in [0.4, 0.5) is 0 Å². The molecular formula is C18H24N2S. The summed E-state index contributed by atoms with van der Waals surface area (Å²) >= 11 is 1.84. The molecule has 1 aromatic carbocycles. The number of benzene rings is 1. The smallest absolute Gasteiger partial charge is 0.0378 e. The molecule has 0 amide bonds. The highest BCUT2D eigenvalue weighted by molar-refractivity contribution is 7.09. The second kappa shape index (κ2) is 6.30. The Balaban J connectivity index is 1.86. The van der Waals surface area contributed by atoms with E-state index >= 15 is 0 Å². The van der Waals surface area contributed by atoms with Crippen molar-refractivity contribution in [3.63, 3.8) is 0 Å². The van der Waals surface area contributed by atoms with Gasteiger partial charge in [-0.3, -0.25) is 4.90 Å². The van der Waals surface area contributed by atoms with Gasteiger partial charge in [0.25, 0.3) is 0 Å². The molecule has 1 aromatic heterocycles. The molecule has 2 aromatic rings. The van der Waals surface area contributed by atoms with Crippen molar-refractivity contribution in [3.05, 3.63) is 57.8 Å². The molecule has 112 valence electrons. The third-order valence-electron chi connectivity index (χ3n) is 4.86. The third kappa shape index (κ3) is 2.91. The first-order valence-corrected chi connectivity index (χ1v) is 8.69. The number of thiophene rings is 1. The van der Waals surface area contributed by atoms with Crippen molar-refractivity contribution in [2.24, 2.45) is 5.73 Å². The number of hydrogen-bond donors (Lipinski definition) is 1. The molecule has 1 heterocycles. The van der Waals surface area contributed by atoms with Crippen LogP contribution in [0.25, 0.3) is 0 Å². The third-order valence-corrected chi connectivity index (χ3v) is 5.72. The van der Waals surface area contributed by atoms with Crippen LogP contribution in [0.1, 0.15) is 29.3 Å². The van der Waals surface area contributed by atoms with E-state index in [4.69, 9.17) is 5.73 Å². The van der Waals surface area contributed by atoms with Gasteiger partial charge in [-0.15, -0.1) is 11.3 Å². The Kier molecular flexibility index (Phi) is 4.43. The summed E-state index contributed by atoms with van der Waals surface area (Å²) in [5.74, 6) is 0. The Labute approximate surface area is 131 Å². The number of fused-ring (bicyclic) bond motifs is 1. The normalized spacial score (nSPS) is 21.5. The van der Waals surface area contributed by atoms with Gasteiger partial charge in [0.15, 0.2) is 0 Å². The number of likely N-dealkylation sites (N-methyl/N-ethyl adjacent to an activating group) is 1. The van der Waals surface area contributed by atoms with Crippen LogP contribution >= 0.6 is 11.3 Å². The molecule has 0 saturated heterocycles. The molecule has 1 unspecified atom stereocenters. The van der Waals surface area contributed by atoms with Crippen LogP contribution in [0.15, 0.2) is 41.8 Å². The van der Waals surface area contributed by atoms with Gasteiger partial charge in [-0.1, -0.05) is 37.3 Å². The maximum absolute atomic E-state index is 6.26. The average Bonchev–Trinajstić information content (AvgIpc) is 3.05. The van der Waals surface area contributed by atoms with E-state index in [0.717, 1.165) is 32.5 Å². The van der Waals surface area contributed by atoms with Crippen molar-refractivity contribution in [3.8, 4) is 0 Å². The van der Waals surface area contributed by atoms with Crippen LogP contribution in [0.5, 0.6) is 0 Å². The summed E-state index contributed by atoms with van der Waals surface area (Å²) in [7, 11) is 0. The van der Waals surface area contributed by atoms with E-state index in [1.165, 1.54) is 22.4 Å². The number of nitrogens with two attached hydrogens (primary N) is 1. The van der Waals surface area contributed by atoms with E-state index < -0.39 is 0 Å². The summed E-state index contributed by atoms with van der Waals surface area (Å²) in [4.78, 5) is 4.03. The molecule has 2 nitrogen and oxygen atoms in total. The van der Waals surface area contributed by atoms with Crippen molar-refractivity contribution < 1.29 is 0 Å². The van der Waals surface area contributed by atoms with Crippen molar-refractivity contribution >= 4 is 11.3 Å². The van der Waals surface area contributed by atoms with Crippen molar-refractivity contribution in [2.45, 2.75) is 38.3 Å². The van der Waals surface area contributed by atoms with E-state index in [1.54, 1.807) is 0 Å². The highest BCUT2D eigenvalue weighted by Crippen LogP contribution is 2.34. The minimum atomic E-state index is 0.118. The van der Waals surface area contributed by atoms with Gasteiger partial charge in [0.2, 0.25) is 0 Å². The van der Waals surface area contributed by atoms with Crippen molar-refractivity contribution in [1.82, 2.24) is 4.90 Å². The minimum absolute atomic E-state index is 0.118. The molecule has 1 atom stereocenters. The van der Waals surface area contributed by atoms with Crippen molar-refractivity contribution in [2.75, 3.05) is 13.1 Å². The Morgan fingerprint density at radius 1 is 1.19 bits per heavy atom. The molecule has 0 spiro atoms. The molecule has 0 bridgehead atoms. The second-order valence-electron chi connectivity index (χ2n) is 5.97. The van der Waals surface area contributed by atoms with E-state index in [2.05, 4.69) is 53.6 Å². The number of nitrogens with zero attached hydrogens (tertiary/aromatic N) is 1. The molecule has 21 heavy (non-hydrogen) atoms. The Bertz CT molecular complexity index is 579. The lowest BCUT2D eigenvalue weighted by molar-refractivity contribution is 0.0779. The van der Waals surface area contributed by atoms with Gasteiger partial charge in [0, 0.05) is 23.5 Å². The largest absolute Gasteiger partial charge is 0.329 e. The molecule has 0 fully saturated rings. The molecule has 2 N–H and O–H groups in total. The molecule has 0 saturated carbocycles. The molecule has 1 aliphatic rings. The molecule has 3 heteroatoms. The van der Waals surface area contributed by atoms with Gasteiger partial charge in [-0.25, -0.2) is 0 Å². The average molecular weight is 300 g/mol. The zero-order valence-corrected chi connectivity index (χ0v) is 13.5. The highest BCUT2D eigenvalue weighted by atomic mass is 32.1. The topological polar surface area (TPSA) is 29.3 Å². The summed E-state index contributed by atoms with van der Waals surface area (Å²) in [5, 5.41) is 2.16. The van der Waals surface area contributed by atoms with Gasteiger partial charge in [-0.05, 0) is 48.4 Å². The predicted octanol–water partition coefficient (Wildman–Crippen LogP) is 3.46. The zero-order valence-electron chi connectivity index (χ0n) is 12.7. The summed E-state index contributed by atoms with van der Waals surface area (Å²) in [5.41, 5.74) is 9.37. The second-order valence-corrected chi connectivity index (χ2v) is 7.00. The van der Waals surface area contributed by atoms with E-state index in [0.29, 0.717) is 0 Å². The fraction of sp³-hybridized carbons (Fsp3) is 0.444. The molecule has 0 aliphatic heterocycles. The Morgan fingerprint density at radius 3 is 2.67 bits per heavy atom. The Morgan fingerprint density at radius 2 is 2.00 bits per heavy atom. The van der Waals surface area contributed by atoms with Crippen LogP contribution in [-0.4, -0.2) is 23.5 Å². The van der Waals surface area contributed by atoms with Gasteiger partial charge in [-0.2, -0.15) is 0 Å². The first-order chi connectivity index (χ1) is 10.3. The van der Waals surface area contributed by atoms with E-state index in [9.17, 15) is 0 Å². The summed E-state index contributed by atoms with van der Waals surface area (Å²) in [6.07, 6.45) is 3.40. The van der Waals surface area contributed by atoms with Crippen LogP contribution < -0.4 is 5.73 Å². The lowest BCUT2D eigenvalue weighted by atomic mass is 9.76. The maximum Gasteiger partial charge on any atom is 0.0378 e. The first kappa shape index (κ1) is 14.8. The number of hydrogen-bond acceptors (Lipinski definition) is 3. The lowest BCUT2D eigenvalue weighted by Gasteiger charge is -2.46. The lowest BCUT2D eigenvalue weighted by Crippen LogP contribution is -2.56. The monoisotopic (exact) mass is 300 g/mol. The maximum atomic E-state index is 6.26. The van der Waals surface area contributed by atoms with E-state index in [-0.39, 0.29) is 5.54 Å². The van der Waals surface area contributed by atoms with Gasteiger partial charge >= 0.3 is 0 Å². The number of aryl methyl sites for hydroxylation is 1. The van der Waals surface area contributed by atoms with Gasteiger partial charge in [0.05, 0.1) is 0 Å². The van der Waals surface area contributed by atoms with Crippen molar-refractivity contribution in [1.29, 1.82) is 0 Å². The van der Waals surface area contributed by atoms with Crippen LogP contribution in [0.2, 0.25) is 0 Å². The minimum Gasteiger partial charge on any atom is -0.329 e. The summed E-state index contributed by atoms with van der Waals surface area (Å²) in [6, 6.07) is 13.2.